The Labute approximate surface area is 157 Å². The summed E-state index contributed by atoms with van der Waals surface area (Å²) in [5.74, 6) is 1.87. The third kappa shape index (κ3) is 5.79. The number of hydrogen-bond donors (Lipinski definition) is 1. The fraction of sp³-hybridized carbons (Fsp3) is 0.632. The van der Waals surface area contributed by atoms with Crippen LogP contribution in [0.4, 0.5) is 0 Å². The first-order valence-corrected chi connectivity index (χ1v) is 8.92. The molecule has 0 aliphatic carbocycles. The zero-order valence-electron chi connectivity index (χ0n) is 15.5. The lowest BCUT2D eigenvalue weighted by Crippen LogP contribution is -2.42. The van der Waals surface area contributed by atoms with Crippen LogP contribution in [0.25, 0.3) is 0 Å². The van der Waals surface area contributed by atoms with E-state index in [4.69, 9.17) is 15.2 Å². The van der Waals surface area contributed by atoms with Crippen molar-refractivity contribution in [3.63, 3.8) is 0 Å². The summed E-state index contributed by atoms with van der Waals surface area (Å²) in [7, 11) is 1.60. The average molecular weight is 371 g/mol. The van der Waals surface area contributed by atoms with Gasteiger partial charge in [0.25, 0.3) is 5.91 Å². The third-order valence-corrected chi connectivity index (χ3v) is 4.74. The van der Waals surface area contributed by atoms with E-state index in [9.17, 15) is 4.79 Å². The van der Waals surface area contributed by atoms with Crippen LogP contribution in [-0.2, 0) is 0 Å². The predicted octanol–water partition coefficient (Wildman–Crippen LogP) is 3.50. The maximum Gasteiger partial charge on any atom is 0.253 e. The zero-order valence-corrected chi connectivity index (χ0v) is 16.3. The van der Waals surface area contributed by atoms with Crippen LogP contribution in [0.3, 0.4) is 0 Å². The van der Waals surface area contributed by atoms with E-state index in [0.29, 0.717) is 29.6 Å². The van der Waals surface area contributed by atoms with Gasteiger partial charge in [0, 0.05) is 24.7 Å². The number of carbonyl (C=O) groups excluding carboxylic acids is 1. The van der Waals surface area contributed by atoms with E-state index >= 15 is 0 Å². The van der Waals surface area contributed by atoms with Gasteiger partial charge in [0.15, 0.2) is 11.5 Å². The SMILES string of the molecule is CCCCOc1ccc(C(=O)N2CCC(C(C)N)CC2)cc1OC.Cl. The maximum atomic E-state index is 12.7. The summed E-state index contributed by atoms with van der Waals surface area (Å²) < 4.78 is 11.1. The molecular formula is C19H31ClN2O3. The quantitative estimate of drug-likeness (QED) is 0.746. The molecule has 1 aliphatic rings. The Kier molecular flexibility index (Phi) is 9.08. The summed E-state index contributed by atoms with van der Waals surface area (Å²) in [5, 5.41) is 0. The standard InChI is InChI=1S/C19H30N2O3.ClH/c1-4-5-12-24-17-7-6-16(13-18(17)23-3)19(22)21-10-8-15(9-11-21)14(2)20;/h6-7,13-15H,4-5,8-12,20H2,1-3H3;1H. The summed E-state index contributed by atoms with van der Waals surface area (Å²) in [6.45, 7) is 6.36. The maximum absolute atomic E-state index is 12.7. The van der Waals surface area contributed by atoms with E-state index in [1.165, 1.54) is 0 Å². The van der Waals surface area contributed by atoms with Gasteiger partial charge < -0.3 is 20.1 Å². The first kappa shape index (κ1) is 21.6. The highest BCUT2D eigenvalue weighted by Gasteiger charge is 2.26. The van der Waals surface area contributed by atoms with Crippen molar-refractivity contribution in [3.05, 3.63) is 23.8 Å². The molecule has 1 unspecified atom stereocenters. The highest BCUT2D eigenvalue weighted by atomic mass is 35.5. The van der Waals surface area contributed by atoms with Crippen molar-refractivity contribution in [2.75, 3.05) is 26.8 Å². The molecule has 1 saturated heterocycles. The number of nitrogens with two attached hydrogens (primary N) is 1. The lowest BCUT2D eigenvalue weighted by Gasteiger charge is -2.33. The number of amides is 1. The molecule has 1 amide bonds. The highest BCUT2D eigenvalue weighted by Crippen LogP contribution is 2.29. The smallest absolute Gasteiger partial charge is 0.253 e. The van der Waals surface area contributed by atoms with Gasteiger partial charge in [0.05, 0.1) is 13.7 Å². The van der Waals surface area contributed by atoms with Crippen molar-refractivity contribution in [1.29, 1.82) is 0 Å². The molecule has 142 valence electrons. The van der Waals surface area contributed by atoms with Crippen molar-refractivity contribution in [2.45, 2.75) is 45.6 Å². The van der Waals surface area contributed by atoms with Gasteiger partial charge in [-0.3, -0.25) is 4.79 Å². The number of piperidine rings is 1. The van der Waals surface area contributed by atoms with Gasteiger partial charge in [-0.25, -0.2) is 0 Å². The van der Waals surface area contributed by atoms with Crippen molar-refractivity contribution in [1.82, 2.24) is 4.90 Å². The molecule has 25 heavy (non-hydrogen) atoms. The van der Waals surface area contributed by atoms with E-state index in [-0.39, 0.29) is 24.4 Å². The normalized spacial score (nSPS) is 16.1. The molecule has 1 aromatic rings. The zero-order chi connectivity index (χ0) is 17.5. The van der Waals surface area contributed by atoms with Gasteiger partial charge in [-0.1, -0.05) is 13.3 Å². The Bertz CT molecular complexity index is 543. The van der Waals surface area contributed by atoms with Gasteiger partial charge in [0.2, 0.25) is 0 Å². The molecule has 1 atom stereocenters. The number of nitrogens with zero attached hydrogens (tertiary/aromatic N) is 1. The number of rotatable bonds is 7. The summed E-state index contributed by atoms with van der Waals surface area (Å²) in [6, 6.07) is 5.63. The second kappa shape index (κ2) is 10.5. The van der Waals surface area contributed by atoms with Gasteiger partial charge in [-0.05, 0) is 50.3 Å². The summed E-state index contributed by atoms with van der Waals surface area (Å²) in [6.07, 6.45) is 4.02. The molecule has 0 spiro atoms. The molecule has 6 heteroatoms. The lowest BCUT2D eigenvalue weighted by atomic mass is 9.90. The molecule has 1 fully saturated rings. The average Bonchev–Trinajstić information content (AvgIpc) is 2.61. The molecule has 0 radical (unpaired) electrons. The second-order valence-corrected chi connectivity index (χ2v) is 6.56. The Balaban J connectivity index is 0.00000312. The summed E-state index contributed by atoms with van der Waals surface area (Å²) in [5.41, 5.74) is 6.62. The van der Waals surface area contributed by atoms with Gasteiger partial charge in [0.1, 0.15) is 0 Å². The number of ether oxygens (including phenoxy) is 2. The van der Waals surface area contributed by atoms with Crippen LogP contribution >= 0.6 is 12.4 Å². The fourth-order valence-electron chi connectivity index (χ4n) is 3.06. The number of likely N-dealkylation sites (tertiary alicyclic amines) is 1. The van der Waals surface area contributed by atoms with Crippen molar-refractivity contribution < 1.29 is 14.3 Å². The molecule has 1 aromatic carbocycles. The molecule has 2 N–H and O–H groups in total. The topological polar surface area (TPSA) is 64.8 Å². The molecule has 0 saturated carbocycles. The number of halogens is 1. The fourth-order valence-corrected chi connectivity index (χ4v) is 3.06. The minimum Gasteiger partial charge on any atom is -0.493 e. The van der Waals surface area contributed by atoms with Crippen molar-refractivity contribution >= 4 is 18.3 Å². The largest absolute Gasteiger partial charge is 0.493 e. The van der Waals surface area contributed by atoms with Crippen LogP contribution in [0, 0.1) is 5.92 Å². The Morgan fingerprint density at radius 2 is 2.00 bits per heavy atom. The predicted molar refractivity (Wildman–Crippen MR) is 103 cm³/mol. The molecule has 1 aliphatic heterocycles. The number of benzene rings is 1. The van der Waals surface area contributed by atoms with Crippen LogP contribution in [0.5, 0.6) is 11.5 Å². The summed E-state index contributed by atoms with van der Waals surface area (Å²) >= 11 is 0. The number of carbonyl (C=O) groups is 1. The molecule has 1 heterocycles. The second-order valence-electron chi connectivity index (χ2n) is 6.56. The van der Waals surface area contributed by atoms with E-state index in [2.05, 4.69) is 6.92 Å². The van der Waals surface area contributed by atoms with Gasteiger partial charge in [-0.2, -0.15) is 0 Å². The molecule has 5 nitrogen and oxygen atoms in total. The monoisotopic (exact) mass is 370 g/mol. The van der Waals surface area contributed by atoms with Crippen molar-refractivity contribution in [3.8, 4) is 11.5 Å². The van der Waals surface area contributed by atoms with Crippen LogP contribution < -0.4 is 15.2 Å². The van der Waals surface area contributed by atoms with Crippen LogP contribution in [0.15, 0.2) is 18.2 Å². The van der Waals surface area contributed by atoms with E-state index < -0.39 is 0 Å². The van der Waals surface area contributed by atoms with Gasteiger partial charge in [-0.15, -0.1) is 12.4 Å². The van der Waals surface area contributed by atoms with Crippen LogP contribution in [-0.4, -0.2) is 43.7 Å². The molecular weight excluding hydrogens is 340 g/mol. The third-order valence-electron chi connectivity index (χ3n) is 4.74. The number of unbranched alkanes of at least 4 members (excludes halogenated alkanes) is 1. The lowest BCUT2D eigenvalue weighted by molar-refractivity contribution is 0.0680. The molecule has 2 rings (SSSR count). The summed E-state index contributed by atoms with van der Waals surface area (Å²) in [4.78, 5) is 14.6. The molecule has 0 aromatic heterocycles. The Hall–Kier alpha value is -1.46. The minimum atomic E-state index is 0. The number of hydrogen-bond acceptors (Lipinski definition) is 4. The van der Waals surface area contributed by atoms with E-state index in [1.54, 1.807) is 13.2 Å². The first-order valence-electron chi connectivity index (χ1n) is 8.92. The van der Waals surface area contributed by atoms with Gasteiger partial charge >= 0.3 is 0 Å². The van der Waals surface area contributed by atoms with E-state index in [0.717, 1.165) is 38.8 Å². The van der Waals surface area contributed by atoms with Crippen molar-refractivity contribution in [2.24, 2.45) is 11.7 Å². The highest BCUT2D eigenvalue weighted by molar-refractivity contribution is 5.95. The van der Waals surface area contributed by atoms with Crippen LogP contribution in [0.1, 0.15) is 49.9 Å². The number of methoxy groups -OCH3 is 1. The van der Waals surface area contributed by atoms with E-state index in [1.807, 2.05) is 24.0 Å². The molecule has 0 bridgehead atoms. The first-order chi connectivity index (χ1) is 11.6. The van der Waals surface area contributed by atoms with Crippen LogP contribution in [0.2, 0.25) is 0 Å². The minimum absolute atomic E-state index is 0. The Morgan fingerprint density at radius 3 is 2.56 bits per heavy atom. The Morgan fingerprint density at radius 1 is 1.32 bits per heavy atom.